The number of hydrogen-bond acceptors (Lipinski definition) is 7. The fourth-order valence-electron chi connectivity index (χ4n) is 2.88. The third kappa shape index (κ3) is 5.57. The quantitative estimate of drug-likeness (QED) is 0.628. The Bertz CT molecular complexity index is 902. The maximum atomic E-state index is 12.3. The van der Waals surface area contributed by atoms with Crippen molar-refractivity contribution in [2.75, 3.05) is 25.6 Å². The van der Waals surface area contributed by atoms with E-state index in [-0.39, 0.29) is 13.0 Å². The number of amides is 1. The monoisotopic (exact) mass is 417 g/mol. The maximum absolute atomic E-state index is 12.3. The molecule has 1 heterocycles. The molecule has 7 nitrogen and oxygen atoms in total. The highest BCUT2D eigenvalue weighted by Gasteiger charge is 2.32. The zero-order chi connectivity index (χ0) is 20.8. The van der Waals surface area contributed by atoms with E-state index in [2.05, 4.69) is 5.32 Å². The third-order valence-electron chi connectivity index (χ3n) is 4.42. The Kier molecular flexibility index (Phi) is 6.87. The molecule has 0 bridgehead atoms. The van der Waals surface area contributed by atoms with Crippen molar-refractivity contribution in [3.05, 3.63) is 46.3 Å². The summed E-state index contributed by atoms with van der Waals surface area (Å²) in [5.41, 5.74) is 2.06. The molecule has 0 aliphatic heterocycles. The van der Waals surface area contributed by atoms with Crippen LogP contribution in [0, 0.1) is 0 Å². The zero-order valence-corrected chi connectivity index (χ0v) is 17.2. The fourth-order valence-corrected chi connectivity index (χ4v) is 3.93. The van der Waals surface area contributed by atoms with Crippen LogP contribution in [0.2, 0.25) is 0 Å². The summed E-state index contributed by atoms with van der Waals surface area (Å²) in [5.74, 6) is -0.482. The van der Waals surface area contributed by atoms with Gasteiger partial charge in [0.2, 0.25) is 0 Å². The standard InChI is InChI=1S/C21H23NO6S/c1-3-27-21(25)19-16(14-7-8-14)12-29-20(19)22-17(23)11-28-18(24)10-13-5-4-6-15(9-13)26-2/h4-6,9,12,14H,3,7-8,10-11H2,1-2H3,(H,22,23). The first kappa shape index (κ1) is 20.9. The van der Waals surface area contributed by atoms with Crippen LogP contribution in [0.3, 0.4) is 0 Å². The van der Waals surface area contributed by atoms with Gasteiger partial charge < -0.3 is 19.5 Å². The Morgan fingerprint density at radius 1 is 1.21 bits per heavy atom. The Hall–Kier alpha value is -2.87. The summed E-state index contributed by atoms with van der Waals surface area (Å²) in [7, 11) is 1.55. The highest BCUT2D eigenvalue weighted by atomic mass is 32.1. The van der Waals surface area contributed by atoms with E-state index in [1.165, 1.54) is 11.3 Å². The molecular weight excluding hydrogens is 394 g/mol. The van der Waals surface area contributed by atoms with Crippen LogP contribution in [0.5, 0.6) is 5.75 Å². The predicted molar refractivity (Wildman–Crippen MR) is 109 cm³/mol. The number of esters is 2. The second-order valence-corrected chi connectivity index (χ2v) is 7.51. The lowest BCUT2D eigenvalue weighted by Gasteiger charge is -2.09. The number of thiophene rings is 1. The van der Waals surface area contributed by atoms with Crippen LogP contribution in [-0.2, 0) is 25.5 Å². The number of hydrogen-bond donors (Lipinski definition) is 1. The van der Waals surface area contributed by atoms with Gasteiger partial charge in [-0.25, -0.2) is 4.79 Å². The summed E-state index contributed by atoms with van der Waals surface area (Å²) in [6.07, 6.45) is 2.08. The molecule has 1 aliphatic carbocycles. The van der Waals surface area contributed by atoms with Crippen molar-refractivity contribution in [2.24, 2.45) is 0 Å². The van der Waals surface area contributed by atoms with Gasteiger partial charge >= 0.3 is 11.9 Å². The lowest BCUT2D eigenvalue weighted by Crippen LogP contribution is -2.22. The Morgan fingerprint density at radius 3 is 2.69 bits per heavy atom. The molecule has 1 N–H and O–H groups in total. The summed E-state index contributed by atoms with van der Waals surface area (Å²) < 4.78 is 15.3. The number of benzene rings is 1. The van der Waals surface area contributed by atoms with E-state index in [9.17, 15) is 14.4 Å². The van der Waals surface area contributed by atoms with Gasteiger partial charge in [-0.3, -0.25) is 9.59 Å². The van der Waals surface area contributed by atoms with E-state index in [1.807, 2.05) is 5.38 Å². The van der Waals surface area contributed by atoms with Crippen molar-refractivity contribution in [1.82, 2.24) is 0 Å². The highest BCUT2D eigenvalue weighted by Crippen LogP contribution is 2.46. The molecule has 29 heavy (non-hydrogen) atoms. The number of rotatable bonds is 9. The first-order valence-electron chi connectivity index (χ1n) is 9.38. The number of anilines is 1. The van der Waals surface area contributed by atoms with Crippen molar-refractivity contribution in [3.63, 3.8) is 0 Å². The van der Waals surface area contributed by atoms with E-state index in [1.54, 1.807) is 38.3 Å². The van der Waals surface area contributed by atoms with Crippen LogP contribution < -0.4 is 10.1 Å². The molecule has 1 fully saturated rings. The van der Waals surface area contributed by atoms with Gasteiger partial charge in [0.05, 0.1) is 25.7 Å². The zero-order valence-electron chi connectivity index (χ0n) is 16.4. The van der Waals surface area contributed by atoms with Gasteiger partial charge in [-0.2, -0.15) is 0 Å². The molecule has 1 aliphatic rings. The molecule has 0 saturated heterocycles. The average molecular weight is 417 g/mol. The molecule has 2 aromatic rings. The number of nitrogens with one attached hydrogen (secondary N) is 1. The van der Waals surface area contributed by atoms with Gasteiger partial charge in [0.15, 0.2) is 6.61 Å². The molecule has 0 unspecified atom stereocenters. The van der Waals surface area contributed by atoms with Crippen molar-refractivity contribution in [2.45, 2.75) is 32.1 Å². The summed E-state index contributed by atoms with van der Waals surface area (Å²) >= 11 is 1.28. The van der Waals surface area contributed by atoms with Crippen LogP contribution in [-0.4, -0.2) is 38.2 Å². The lowest BCUT2D eigenvalue weighted by atomic mass is 10.1. The van der Waals surface area contributed by atoms with Crippen molar-refractivity contribution in [1.29, 1.82) is 0 Å². The molecule has 154 valence electrons. The molecular formula is C21H23NO6S. The van der Waals surface area contributed by atoms with Crippen LogP contribution in [0.25, 0.3) is 0 Å². The minimum atomic E-state index is -0.524. The predicted octanol–water partition coefficient (Wildman–Crippen LogP) is 3.54. The SMILES string of the molecule is CCOC(=O)c1c(C2CC2)csc1NC(=O)COC(=O)Cc1cccc(OC)c1. The largest absolute Gasteiger partial charge is 0.497 e. The molecule has 1 amide bonds. The summed E-state index contributed by atoms with van der Waals surface area (Å²) in [6, 6.07) is 7.07. The smallest absolute Gasteiger partial charge is 0.341 e. The van der Waals surface area contributed by atoms with Gasteiger partial charge in [-0.05, 0) is 54.3 Å². The van der Waals surface area contributed by atoms with Crippen LogP contribution in [0.4, 0.5) is 5.00 Å². The topological polar surface area (TPSA) is 90.9 Å². The second kappa shape index (κ2) is 9.56. The molecule has 0 spiro atoms. The van der Waals surface area contributed by atoms with Crippen molar-refractivity contribution >= 4 is 34.2 Å². The van der Waals surface area contributed by atoms with Gasteiger partial charge in [-0.15, -0.1) is 11.3 Å². The van der Waals surface area contributed by atoms with E-state index in [0.717, 1.165) is 24.0 Å². The van der Waals surface area contributed by atoms with E-state index >= 15 is 0 Å². The normalized spacial score (nSPS) is 12.9. The third-order valence-corrected chi connectivity index (χ3v) is 5.33. The van der Waals surface area contributed by atoms with Gasteiger partial charge in [0, 0.05) is 0 Å². The number of carbonyl (C=O) groups is 3. The first-order chi connectivity index (χ1) is 14.0. The average Bonchev–Trinajstić information content (AvgIpc) is 3.47. The van der Waals surface area contributed by atoms with Gasteiger partial charge in [0.1, 0.15) is 10.8 Å². The number of ether oxygens (including phenoxy) is 3. The van der Waals surface area contributed by atoms with Crippen molar-refractivity contribution < 1.29 is 28.6 Å². The Morgan fingerprint density at radius 2 is 2.00 bits per heavy atom. The van der Waals surface area contributed by atoms with Gasteiger partial charge in [0.25, 0.3) is 5.91 Å². The second-order valence-electron chi connectivity index (χ2n) is 6.63. The molecule has 3 rings (SSSR count). The highest BCUT2D eigenvalue weighted by molar-refractivity contribution is 7.15. The molecule has 8 heteroatoms. The van der Waals surface area contributed by atoms with Crippen LogP contribution in [0.1, 0.15) is 47.2 Å². The van der Waals surface area contributed by atoms with E-state index in [4.69, 9.17) is 14.2 Å². The maximum Gasteiger partial charge on any atom is 0.341 e. The Labute approximate surface area is 173 Å². The number of methoxy groups -OCH3 is 1. The summed E-state index contributed by atoms with van der Waals surface area (Å²) in [6.45, 7) is 1.57. The van der Waals surface area contributed by atoms with E-state index in [0.29, 0.717) is 22.2 Å². The minimum absolute atomic E-state index is 0.0311. The molecule has 0 radical (unpaired) electrons. The lowest BCUT2D eigenvalue weighted by molar-refractivity contribution is -0.146. The summed E-state index contributed by atoms with van der Waals surface area (Å²) in [5, 5.41) is 4.98. The minimum Gasteiger partial charge on any atom is -0.497 e. The van der Waals surface area contributed by atoms with E-state index < -0.39 is 24.5 Å². The number of carbonyl (C=O) groups excluding carboxylic acids is 3. The van der Waals surface area contributed by atoms with Gasteiger partial charge in [-0.1, -0.05) is 12.1 Å². The molecule has 1 saturated carbocycles. The van der Waals surface area contributed by atoms with Crippen LogP contribution in [0.15, 0.2) is 29.6 Å². The fraction of sp³-hybridized carbons (Fsp3) is 0.381. The van der Waals surface area contributed by atoms with Crippen LogP contribution >= 0.6 is 11.3 Å². The molecule has 0 atom stereocenters. The first-order valence-corrected chi connectivity index (χ1v) is 10.3. The van der Waals surface area contributed by atoms with Crippen molar-refractivity contribution in [3.8, 4) is 5.75 Å². The molecule has 1 aromatic carbocycles. The summed E-state index contributed by atoms with van der Waals surface area (Å²) in [4.78, 5) is 36.6. The Balaban J connectivity index is 1.56. The molecule has 1 aromatic heterocycles.